The number of rotatable bonds is 8. The molecule has 0 heterocycles. The molecule has 0 aliphatic heterocycles. The zero-order valence-corrected chi connectivity index (χ0v) is 19.3. The van der Waals surface area contributed by atoms with E-state index in [1.165, 1.54) is 18.2 Å². The third-order valence-corrected chi connectivity index (χ3v) is 5.12. The number of phenols is 1. The molecule has 0 saturated carbocycles. The Kier molecular flexibility index (Phi) is 9.42. The predicted octanol–water partition coefficient (Wildman–Crippen LogP) is 4.82. The summed E-state index contributed by atoms with van der Waals surface area (Å²) >= 11 is 0. The van der Waals surface area contributed by atoms with Gasteiger partial charge in [-0.1, -0.05) is 48.5 Å². The molecule has 0 amide bonds. The van der Waals surface area contributed by atoms with Gasteiger partial charge in [-0.15, -0.1) is 15.9 Å². The summed E-state index contributed by atoms with van der Waals surface area (Å²) in [4.78, 5) is 10.7. The molecular formula is C21H17CuFN5O6S. The van der Waals surface area contributed by atoms with Crippen molar-refractivity contribution in [3.05, 3.63) is 83.3 Å². The van der Waals surface area contributed by atoms with Crippen LogP contribution in [-0.2, 0) is 27.2 Å². The van der Waals surface area contributed by atoms with Crippen LogP contribution in [-0.4, -0.2) is 41.8 Å². The Morgan fingerprint density at radius 1 is 1.06 bits per heavy atom. The molecule has 0 aromatic heterocycles. The molecule has 14 heteroatoms. The predicted molar refractivity (Wildman–Crippen MR) is 121 cm³/mol. The molecular weight excluding hydrogens is 533 g/mol. The van der Waals surface area contributed by atoms with Crippen molar-refractivity contribution in [2.24, 2.45) is 15.3 Å². The van der Waals surface area contributed by atoms with Gasteiger partial charge in [-0.05, 0) is 18.2 Å². The number of alkyl halides is 1. The Hall–Kier alpha value is -3.84. The van der Waals surface area contributed by atoms with Gasteiger partial charge in [-0.3, -0.25) is 4.55 Å². The summed E-state index contributed by atoms with van der Waals surface area (Å²) in [6.45, 7) is -1.14. The molecule has 4 N–H and O–H groups in total. The second kappa shape index (κ2) is 12.0. The van der Waals surface area contributed by atoms with Crippen LogP contribution in [0.5, 0.6) is 5.75 Å². The fourth-order valence-corrected chi connectivity index (χ4v) is 3.22. The number of amidine groups is 1. The van der Waals surface area contributed by atoms with E-state index in [9.17, 15) is 32.4 Å². The number of hydrogen-bond acceptors (Lipinski definition) is 7. The van der Waals surface area contributed by atoms with Crippen LogP contribution in [0.2, 0.25) is 0 Å². The van der Waals surface area contributed by atoms with Crippen LogP contribution < -0.4 is 5.32 Å². The quantitative estimate of drug-likeness (QED) is 0.0454. The van der Waals surface area contributed by atoms with Crippen LogP contribution in [0.3, 0.4) is 0 Å². The SMILES string of the molecule is O=C(O)c1ccccc1[N-]/N=C(\N=Nc1cc(S(=O)(=O)O)cc(NCF)c1O)c1ccccc1.[Cu+]. The van der Waals surface area contributed by atoms with Gasteiger partial charge < -0.3 is 26.1 Å². The second-order valence-corrected chi connectivity index (χ2v) is 7.96. The van der Waals surface area contributed by atoms with E-state index in [1.54, 1.807) is 36.4 Å². The maximum atomic E-state index is 12.7. The average Bonchev–Trinajstić information content (AvgIpc) is 2.81. The van der Waals surface area contributed by atoms with Gasteiger partial charge in [0.25, 0.3) is 10.1 Å². The van der Waals surface area contributed by atoms with Gasteiger partial charge in [0.15, 0.2) is 18.4 Å². The van der Waals surface area contributed by atoms with Gasteiger partial charge in [0.05, 0.1) is 10.6 Å². The summed E-state index contributed by atoms with van der Waals surface area (Å²) in [5.41, 5.74) is 3.53. The zero-order valence-electron chi connectivity index (χ0n) is 17.5. The number of nitrogens with one attached hydrogen (secondary N) is 1. The molecule has 0 unspecified atom stereocenters. The molecule has 0 spiro atoms. The van der Waals surface area contributed by atoms with Gasteiger partial charge in [-0.25, -0.2) is 9.18 Å². The molecule has 0 fully saturated rings. The summed E-state index contributed by atoms with van der Waals surface area (Å²) in [5, 5.41) is 33.4. The van der Waals surface area contributed by atoms with Crippen molar-refractivity contribution in [3.8, 4) is 5.75 Å². The Balaban J connectivity index is 0.00000432. The minimum absolute atomic E-state index is 0. The van der Waals surface area contributed by atoms with E-state index in [0.717, 1.165) is 12.1 Å². The molecule has 3 rings (SSSR count). The number of halogens is 1. The summed E-state index contributed by atoms with van der Waals surface area (Å²) in [6.07, 6.45) is 0. The standard InChI is InChI=1S/C21H18FN5O6S.Cu/c22-12-23-17-10-14(34(31,32)33)11-18(19(17)28)25-27-20(13-6-2-1-3-7-13)26-24-16-9-5-4-8-15(16)21(29)30;/h1-11H,12H2,(H5,23,24,25,26,27,28,29,30,31,32,33);/q;+1/p-1. The Labute approximate surface area is 209 Å². The van der Waals surface area contributed by atoms with E-state index in [2.05, 4.69) is 26.1 Å². The number of azo groups is 1. The van der Waals surface area contributed by atoms with Crippen LogP contribution in [0.4, 0.5) is 21.5 Å². The zero-order chi connectivity index (χ0) is 24.7. The molecule has 0 aliphatic carbocycles. The van der Waals surface area contributed by atoms with E-state index in [0.29, 0.717) is 5.56 Å². The molecule has 0 radical (unpaired) electrons. The number of carboxylic acids is 1. The minimum Gasteiger partial charge on any atom is -0.573 e. The van der Waals surface area contributed by atoms with Gasteiger partial charge >= 0.3 is 23.0 Å². The number of aromatic hydroxyl groups is 1. The van der Waals surface area contributed by atoms with Crippen LogP contribution in [0, 0.1) is 0 Å². The van der Waals surface area contributed by atoms with Crippen molar-refractivity contribution in [2.75, 3.05) is 12.1 Å². The van der Waals surface area contributed by atoms with Crippen molar-refractivity contribution in [1.29, 1.82) is 0 Å². The molecule has 186 valence electrons. The first kappa shape index (κ1) is 27.4. The van der Waals surface area contributed by atoms with E-state index in [4.69, 9.17) is 0 Å². The molecule has 0 atom stereocenters. The van der Waals surface area contributed by atoms with Crippen LogP contribution in [0.15, 0.2) is 87.0 Å². The Morgan fingerprint density at radius 3 is 2.34 bits per heavy atom. The number of carboxylic acid groups (broad SMARTS) is 1. The van der Waals surface area contributed by atoms with Gasteiger partial charge in [-0.2, -0.15) is 8.42 Å². The van der Waals surface area contributed by atoms with Gasteiger partial charge in [0, 0.05) is 11.1 Å². The third-order valence-electron chi connectivity index (χ3n) is 4.29. The van der Waals surface area contributed by atoms with E-state index in [-0.39, 0.29) is 39.8 Å². The fourth-order valence-electron chi connectivity index (χ4n) is 2.69. The fraction of sp³-hybridized carbons (Fsp3) is 0.0476. The Bertz CT molecular complexity index is 1370. The largest absolute Gasteiger partial charge is 1.00 e. The number of aromatic carboxylic acids is 1. The maximum Gasteiger partial charge on any atom is 1.00 e. The monoisotopic (exact) mass is 549 g/mol. The van der Waals surface area contributed by atoms with E-state index in [1.807, 2.05) is 0 Å². The summed E-state index contributed by atoms with van der Waals surface area (Å²) in [6, 6.07) is 15.8. The summed E-state index contributed by atoms with van der Waals surface area (Å²) in [7, 11) is -4.71. The van der Waals surface area contributed by atoms with E-state index < -0.39 is 39.2 Å². The number of phenolic OH excluding ortho intramolecular Hbond substituents is 1. The normalized spacial score (nSPS) is 11.7. The molecule has 3 aromatic rings. The van der Waals surface area contributed by atoms with Crippen LogP contribution >= 0.6 is 0 Å². The first-order valence-corrected chi connectivity index (χ1v) is 10.9. The number of carbonyl (C=O) groups is 1. The molecule has 0 bridgehead atoms. The van der Waals surface area contributed by atoms with Crippen molar-refractivity contribution in [1.82, 2.24) is 0 Å². The summed E-state index contributed by atoms with van der Waals surface area (Å²) < 4.78 is 45.2. The first-order chi connectivity index (χ1) is 16.2. The van der Waals surface area contributed by atoms with Crippen LogP contribution in [0.1, 0.15) is 15.9 Å². The molecule has 11 nitrogen and oxygen atoms in total. The summed E-state index contributed by atoms with van der Waals surface area (Å²) in [5.74, 6) is -1.95. The first-order valence-electron chi connectivity index (χ1n) is 9.43. The van der Waals surface area contributed by atoms with Crippen LogP contribution in [0.25, 0.3) is 5.43 Å². The number of benzene rings is 3. The van der Waals surface area contributed by atoms with Crippen molar-refractivity contribution < 1.29 is 49.4 Å². The van der Waals surface area contributed by atoms with Crippen molar-refractivity contribution in [2.45, 2.75) is 4.90 Å². The molecule has 35 heavy (non-hydrogen) atoms. The van der Waals surface area contributed by atoms with E-state index >= 15 is 0 Å². The van der Waals surface area contributed by atoms with Gasteiger partial charge in [0.2, 0.25) is 0 Å². The number of nitrogens with zero attached hydrogens (tertiary/aromatic N) is 4. The second-order valence-electron chi connectivity index (χ2n) is 6.54. The van der Waals surface area contributed by atoms with Crippen molar-refractivity contribution >= 4 is 39.0 Å². The maximum absolute atomic E-state index is 12.7. The smallest absolute Gasteiger partial charge is 0.573 e. The van der Waals surface area contributed by atoms with Crippen molar-refractivity contribution in [3.63, 3.8) is 0 Å². The third kappa shape index (κ3) is 7.07. The Morgan fingerprint density at radius 2 is 1.71 bits per heavy atom. The average molecular weight is 550 g/mol. The number of hydrogen-bond donors (Lipinski definition) is 4. The topological polar surface area (TPSA) is 175 Å². The molecule has 0 saturated heterocycles. The number of anilines is 1. The molecule has 0 aliphatic rings. The van der Waals surface area contributed by atoms with Gasteiger partial charge in [0.1, 0.15) is 5.69 Å². The molecule has 3 aromatic carbocycles. The minimum atomic E-state index is -4.71.